The average molecular weight is 277 g/mol. The van der Waals surface area contributed by atoms with Crippen LogP contribution in [0.15, 0.2) is 24.3 Å². The van der Waals surface area contributed by atoms with Gasteiger partial charge in [-0.2, -0.15) is 0 Å². The van der Waals surface area contributed by atoms with Gasteiger partial charge in [0, 0.05) is 0 Å². The zero-order valence-electron chi connectivity index (χ0n) is 11.5. The Labute approximate surface area is 118 Å². The lowest BCUT2D eigenvalue weighted by molar-refractivity contribution is 0.413. The van der Waals surface area contributed by atoms with Crippen LogP contribution in [0, 0.1) is 0 Å². The summed E-state index contributed by atoms with van der Waals surface area (Å²) < 4.78 is 9.39. The van der Waals surface area contributed by atoms with Gasteiger partial charge in [0.15, 0.2) is 0 Å². The number of methoxy groups -OCH3 is 1. The predicted octanol–water partition coefficient (Wildman–Crippen LogP) is 2.81. The molecular formula is C14H19N3OS. The van der Waals surface area contributed by atoms with Crippen LogP contribution >= 0.6 is 11.5 Å². The quantitative estimate of drug-likeness (QED) is 0.882. The van der Waals surface area contributed by atoms with Gasteiger partial charge in [0.1, 0.15) is 5.75 Å². The van der Waals surface area contributed by atoms with Gasteiger partial charge in [-0.1, -0.05) is 30.5 Å². The fourth-order valence-electron chi connectivity index (χ4n) is 2.07. The van der Waals surface area contributed by atoms with E-state index in [1.165, 1.54) is 22.0 Å². The molecule has 0 amide bonds. The van der Waals surface area contributed by atoms with Gasteiger partial charge in [-0.15, -0.1) is 5.10 Å². The van der Waals surface area contributed by atoms with Crippen LogP contribution in [0.25, 0.3) is 0 Å². The van der Waals surface area contributed by atoms with Crippen LogP contribution in [0.3, 0.4) is 0 Å². The van der Waals surface area contributed by atoms with Gasteiger partial charge in [-0.3, -0.25) is 0 Å². The number of hydrogen-bond donors (Lipinski definition) is 1. The van der Waals surface area contributed by atoms with Crippen molar-refractivity contribution < 1.29 is 4.74 Å². The summed E-state index contributed by atoms with van der Waals surface area (Å²) in [4.78, 5) is 1.19. The van der Waals surface area contributed by atoms with Crippen LogP contribution in [0.5, 0.6) is 5.75 Å². The minimum Gasteiger partial charge on any atom is -0.497 e. The minimum absolute atomic E-state index is 0.134. The zero-order chi connectivity index (χ0) is 13.7. The number of ether oxygens (including phenoxy) is 1. The molecule has 1 N–H and O–H groups in total. The number of aromatic nitrogens is 2. The summed E-state index contributed by atoms with van der Waals surface area (Å²) in [5, 5.41) is 7.71. The van der Waals surface area contributed by atoms with Crippen molar-refractivity contribution in [2.24, 2.45) is 0 Å². The van der Waals surface area contributed by atoms with Crippen LogP contribution in [0.1, 0.15) is 36.0 Å². The molecule has 4 nitrogen and oxygen atoms in total. The van der Waals surface area contributed by atoms with E-state index in [0.717, 1.165) is 24.4 Å². The summed E-state index contributed by atoms with van der Waals surface area (Å²) >= 11 is 1.47. The molecule has 1 atom stereocenters. The highest BCUT2D eigenvalue weighted by molar-refractivity contribution is 7.05. The van der Waals surface area contributed by atoms with Crippen molar-refractivity contribution >= 4 is 11.5 Å². The summed E-state index contributed by atoms with van der Waals surface area (Å²) in [6.45, 7) is 5.10. The third-order valence-corrected chi connectivity index (χ3v) is 3.85. The van der Waals surface area contributed by atoms with Crippen molar-refractivity contribution in [3.63, 3.8) is 0 Å². The van der Waals surface area contributed by atoms with Crippen molar-refractivity contribution in [3.05, 3.63) is 40.4 Å². The molecule has 1 aromatic heterocycles. The Morgan fingerprint density at radius 1 is 1.37 bits per heavy atom. The lowest BCUT2D eigenvalue weighted by Gasteiger charge is -2.18. The summed E-state index contributed by atoms with van der Waals surface area (Å²) in [7, 11) is 1.69. The van der Waals surface area contributed by atoms with Crippen molar-refractivity contribution in [2.75, 3.05) is 13.7 Å². The monoisotopic (exact) mass is 277 g/mol. The maximum atomic E-state index is 5.30. The molecule has 0 spiro atoms. The average Bonchev–Trinajstić information content (AvgIpc) is 2.93. The van der Waals surface area contributed by atoms with Gasteiger partial charge in [0.2, 0.25) is 0 Å². The molecular weight excluding hydrogens is 258 g/mol. The van der Waals surface area contributed by atoms with E-state index in [2.05, 4.69) is 40.9 Å². The molecule has 102 valence electrons. The van der Waals surface area contributed by atoms with Gasteiger partial charge in [0.05, 0.1) is 23.7 Å². The fourth-order valence-corrected chi connectivity index (χ4v) is 2.91. The Morgan fingerprint density at radius 3 is 2.89 bits per heavy atom. The lowest BCUT2D eigenvalue weighted by atomic mass is 10.0. The van der Waals surface area contributed by atoms with E-state index in [4.69, 9.17) is 4.74 Å². The molecule has 0 bridgehead atoms. The molecule has 1 aromatic carbocycles. The molecule has 0 aliphatic heterocycles. The first-order valence-corrected chi connectivity index (χ1v) is 7.25. The van der Waals surface area contributed by atoms with E-state index in [0.29, 0.717) is 0 Å². The van der Waals surface area contributed by atoms with Crippen LogP contribution in [0.2, 0.25) is 0 Å². The summed E-state index contributed by atoms with van der Waals surface area (Å²) in [6.07, 6.45) is 0.900. The minimum atomic E-state index is 0.134. The Bertz CT molecular complexity index is 527. The second kappa shape index (κ2) is 6.63. The zero-order valence-corrected chi connectivity index (χ0v) is 12.3. The third kappa shape index (κ3) is 3.11. The Kier molecular flexibility index (Phi) is 4.87. The molecule has 1 unspecified atom stereocenters. The molecule has 19 heavy (non-hydrogen) atoms. The molecule has 1 heterocycles. The lowest BCUT2D eigenvalue weighted by Crippen LogP contribution is -2.22. The van der Waals surface area contributed by atoms with Crippen molar-refractivity contribution in [1.29, 1.82) is 0 Å². The molecule has 0 aliphatic carbocycles. The highest BCUT2D eigenvalue weighted by atomic mass is 32.1. The standard InChI is InChI=1S/C14H19N3OS/c1-4-12-14(19-17-16-12)13(15-5-2)10-7-6-8-11(9-10)18-3/h6-9,13,15H,4-5H2,1-3H3. The molecule has 0 saturated carbocycles. The molecule has 0 aliphatic rings. The van der Waals surface area contributed by atoms with Crippen LogP contribution < -0.4 is 10.1 Å². The topological polar surface area (TPSA) is 47.0 Å². The second-order valence-corrected chi connectivity index (χ2v) is 4.99. The maximum Gasteiger partial charge on any atom is 0.119 e. The number of nitrogens with zero attached hydrogens (tertiary/aromatic N) is 2. The van der Waals surface area contributed by atoms with Crippen molar-refractivity contribution in [2.45, 2.75) is 26.3 Å². The Balaban J connectivity index is 2.39. The smallest absolute Gasteiger partial charge is 0.119 e. The molecule has 2 aromatic rings. The van der Waals surface area contributed by atoms with E-state index < -0.39 is 0 Å². The van der Waals surface area contributed by atoms with E-state index in [1.54, 1.807) is 7.11 Å². The Hall–Kier alpha value is -1.46. The van der Waals surface area contributed by atoms with E-state index in [9.17, 15) is 0 Å². The van der Waals surface area contributed by atoms with Crippen LogP contribution in [0.4, 0.5) is 0 Å². The van der Waals surface area contributed by atoms with E-state index in [1.807, 2.05) is 12.1 Å². The predicted molar refractivity (Wildman–Crippen MR) is 77.8 cm³/mol. The first-order chi connectivity index (χ1) is 9.30. The Morgan fingerprint density at radius 2 is 2.21 bits per heavy atom. The summed E-state index contributed by atoms with van der Waals surface area (Å²) in [5.41, 5.74) is 2.25. The molecule has 0 fully saturated rings. The SMILES string of the molecule is CCNC(c1cccc(OC)c1)c1snnc1CC. The number of nitrogens with one attached hydrogen (secondary N) is 1. The number of hydrogen-bond acceptors (Lipinski definition) is 5. The number of aryl methyl sites for hydroxylation is 1. The molecule has 0 radical (unpaired) electrons. The summed E-state index contributed by atoms with van der Waals surface area (Å²) in [6, 6.07) is 8.27. The second-order valence-electron chi connectivity index (χ2n) is 4.20. The van der Waals surface area contributed by atoms with Crippen molar-refractivity contribution in [3.8, 4) is 5.75 Å². The first kappa shape index (κ1) is 14.0. The van der Waals surface area contributed by atoms with Crippen molar-refractivity contribution in [1.82, 2.24) is 14.9 Å². The number of rotatable bonds is 6. The van der Waals surface area contributed by atoms with Gasteiger partial charge >= 0.3 is 0 Å². The molecule has 5 heteroatoms. The molecule has 2 rings (SSSR count). The van der Waals surface area contributed by atoms with Crippen LogP contribution in [-0.4, -0.2) is 23.2 Å². The normalized spacial score (nSPS) is 12.4. The van der Waals surface area contributed by atoms with E-state index in [-0.39, 0.29) is 6.04 Å². The molecule has 0 saturated heterocycles. The van der Waals surface area contributed by atoms with Gasteiger partial charge in [-0.05, 0) is 42.2 Å². The first-order valence-electron chi connectivity index (χ1n) is 6.48. The third-order valence-electron chi connectivity index (χ3n) is 3.02. The highest BCUT2D eigenvalue weighted by Crippen LogP contribution is 2.29. The fraction of sp³-hybridized carbons (Fsp3) is 0.429. The van der Waals surface area contributed by atoms with Gasteiger partial charge < -0.3 is 10.1 Å². The highest BCUT2D eigenvalue weighted by Gasteiger charge is 2.19. The van der Waals surface area contributed by atoms with Gasteiger partial charge in [-0.25, -0.2) is 0 Å². The van der Waals surface area contributed by atoms with E-state index >= 15 is 0 Å². The number of benzene rings is 1. The summed E-state index contributed by atoms with van der Waals surface area (Å²) in [5.74, 6) is 0.871. The van der Waals surface area contributed by atoms with Crippen LogP contribution in [-0.2, 0) is 6.42 Å². The largest absolute Gasteiger partial charge is 0.497 e. The van der Waals surface area contributed by atoms with Gasteiger partial charge in [0.25, 0.3) is 0 Å². The maximum absolute atomic E-state index is 5.30.